The lowest BCUT2D eigenvalue weighted by atomic mass is 9.93. The molecule has 0 unspecified atom stereocenters. The van der Waals surface area contributed by atoms with Gasteiger partial charge in [0.15, 0.2) is 5.65 Å². The number of fused-ring (bicyclic) bond motifs is 1. The highest BCUT2D eigenvalue weighted by atomic mass is 19.1. The van der Waals surface area contributed by atoms with E-state index in [0.29, 0.717) is 34.8 Å². The maximum atomic E-state index is 14.2. The third-order valence-corrected chi connectivity index (χ3v) is 3.52. The van der Waals surface area contributed by atoms with Gasteiger partial charge < -0.3 is 0 Å². The summed E-state index contributed by atoms with van der Waals surface area (Å²) in [6.07, 6.45) is 2.13. The minimum atomic E-state index is -0.598. The molecule has 0 radical (unpaired) electrons. The number of rotatable bonds is 3. The quantitative estimate of drug-likeness (QED) is 0.743. The fourth-order valence-electron chi connectivity index (χ4n) is 2.68. The van der Waals surface area contributed by atoms with E-state index in [0.717, 1.165) is 11.6 Å². The first-order chi connectivity index (χ1) is 10.5. The summed E-state index contributed by atoms with van der Waals surface area (Å²) in [6.45, 7) is 5.95. The van der Waals surface area contributed by atoms with Crippen molar-refractivity contribution in [1.29, 1.82) is 0 Å². The number of aryl methyl sites for hydroxylation is 1. The Morgan fingerprint density at radius 3 is 2.68 bits per heavy atom. The summed E-state index contributed by atoms with van der Waals surface area (Å²) in [5, 5.41) is 8.39. The number of benzene rings is 1. The third kappa shape index (κ3) is 2.45. The van der Waals surface area contributed by atoms with Gasteiger partial charge in [-0.1, -0.05) is 13.8 Å². The molecule has 0 saturated heterocycles. The van der Waals surface area contributed by atoms with Crippen molar-refractivity contribution in [2.24, 2.45) is 5.92 Å². The minimum absolute atomic E-state index is 0.340. The summed E-state index contributed by atoms with van der Waals surface area (Å²) in [7, 11) is 0. The molecule has 22 heavy (non-hydrogen) atoms. The predicted molar refractivity (Wildman–Crippen MR) is 79.4 cm³/mol. The van der Waals surface area contributed by atoms with Crippen LogP contribution in [0.3, 0.4) is 0 Å². The monoisotopic (exact) mass is 302 g/mol. The molecule has 0 amide bonds. The molecule has 0 aliphatic carbocycles. The van der Waals surface area contributed by atoms with Crippen LogP contribution in [0.4, 0.5) is 8.78 Å². The molecule has 6 heteroatoms. The smallest absolute Gasteiger partial charge is 0.179 e. The topological polar surface area (TPSA) is 43.1 Å². The first-order valence-electron chi connectivity index (χ1n) is 7.12. The summed E-state index contributed by atoms with van der Waals surface area (Å²) in [4.78, 5) is 4.24. The number of nitrogens with zero attached hydrogens (tertiary/aromatic N) is 4. The van der Waals surface area contributed by atoms with E-state index in [1.54, 1.807) is 6.92 Å². The van der Waals surface area contributed by atoms with Crippen molar-refractivity contribution in [2.75, 3.05) is 0 Å². The van der Waals surface area contributed by atoms with Crippen LogP contribution in [0.15, 0.2) is 24.5 Å². The van der Waals surface area contributed by atoms with Crippen molar-refractivity contribution in [3.05, 3.63) is 47.4 Å². The second-order valence-corrected chi connectivity index (χ2v) is 5.73. The first-order valence-corrected chi connectivity index (χ1v) is 7.12. The van der Waals surface area contributed by atoms with Gasteiger partial charge in [-0.05, 0) is 31.4 Å². The molecule has 0 atom stereocenters. The molecular weight excluding hydrogens is 286 g/mol. The van der Waals surface area contributed by atoms with E-state index in [9.17, 15) is 8.78 Å². The second kappa shape index (κ2) is 5.44. The highest BCUT2D eigenvalue weighted by Gasteiger charge is 2.20. The van der Waals surface area contributed by atoms with Crippen LogP contribution >= 0.6 is 0 Å². The summed E-state index contributed by atoms with van der Waals surface area (Å²) >= 11 is 0. The zero-order valence-corrected chi connectivity index (χ0v) is 12.6. The Labute approximate surface area is 126 Å². The van der Waals surface area contributed by atoms with Crippen molar-refractivity contribution in [2.45, 2.75) is 27.2 Å². The lowest BCUT2D eigenvalue weighted by Gasteiger charge is -2.15. The summed E-state index contributed by atoms with van der Waals surface area (Å²) < 4.78 is 28.9. The van der Waals surface area contributed by atoms with Crippen LogP contribution in [0.2, 0.25) is 0 Å². The van der Waals surface area contributed by atoms with E-state index in [-0.39, 0.29) is 0 Å². The molecule has 4 nitrogen and oxygen atoms in total. The standard InChI is InChI=1S/C16H16F2N4/c1-9(2)6-13-15(12-5-4-11(17)7-14(12)18)10(3)21-22-16(13)19-8-20-22/h4-5,7-9H,6H2,1-3H3. The molecule has 1 aromatic carbocycles. The molecule has 0 bridgehead atoms. The molecule has 2 aromatic heterocycles. The Hall–Kier alpha value is -2.37. The highest BCUT2D eigenvalue weighted by molar-refractivity contribution is 5.75. The largest absolute Gasteiger partial charge is 0.213 e. The molecule has 2 heterocycles. The van der Waals surface area contributed by atoms with Gasteiger partial charge in [0.2, 0.25) is 0 Å². The Morgan fingerprint density at radius 2 is 2.00 bits per heavy atom. The molecule has 114 valence electrons. The fourth-order valence-corrected chi connectivity index (χ4v) is 2.68. The van der Waals surface area contributed by atoms with Crippen LogP contribution in [0.25, 0.3) is 16.8 Å². The van der Waals surface area contributed by atoms with E-state index >= 15 is 0 Å². The molecule has 0 aliphatic heterocycles. The average Bonchev–Trinajstić information content (AvgIpc) is 2.88. The summed E-state index contributed by atoms with van der Waals surface area (Å²) in [6, 6.07) is 3.60. The number of hydrogen-bond donors (Lipinski definition) is 0. The summed E-state index contributed by atoms with van der Waals surface area (Å²) in [5.74, 6) is -0.843. The fraction of sp³-hybridized carbons (Fsp3) is 0.312. The SMILES string of the molecule is Cc1nn2ncnc2c(CC(C)C)c1-c1ccc(F)cc1F. The van der Waals surface area contributed by atoms with Crippen molar-refractivity contribution >= 4 is 5.65 Å². The number of aromatic nitrogens is 4. The van der Waals surface area contributed by atoms with Crippen molar-refractivity contribution in [1.82, 2.24) is 19.8 Å². The zero-order chi connectivity index (χ0) is 15.9. The molecule has 3 rings (SSSR count). The van der Waals surface area contributed by atoms with Gasteiger partial charge in [-0.15, -0.1) is 9.73 Å². The summed E-state index contributed by atoms with van der Waals surface area (Å²) in [5.41, 5.74) is 3.14. The van der Waals surface area contributed by atoms with Crippen molar-refractivity contribution in [3.63, 3.8) is 0 Å². The first kappa shape index (κ1) is 14.6. The van der Waals surface area contributed by atoms with Crippen LogP contribution in [0.1, 0.15) is 25.1 Å². The van der Waals surface area contributed by atoms with Crippen LogP contribution in [-0.4, -0.2) is 19.8 Å². The van der Waals surface area contributed by atoms with Crippen molar-refractivity contribution < 1.29 is 8.78 Å². The molecule has 0 aliphatic rings. The number of halogens is 2. The van der Waals surface area contributed by atoms with Crippen LogP contribution in [0, 0.1) is 24.5 Å². The Bertz CT molecular complexity index is 840. The van der Waals surface area contributed by atoms with E-state index in [1.807, 2.05) is 0 Å². The molecule has 0 saturated carbocycles. The number of hydrogen-bond acceptors (Lipinski definition) is 3. The van der Waals surface area contributed by atoms with Gasteiger partial charge in [-0.25, -0.2) is 13.8 Å². The molecule has 0 N–H and O–H groups in total. The van der Waals surface area contributed by atoms with Crippen LogP contribution in [0.5, 0.6) is 0 Å². The lowest BCUT2D eigenvalue weighted by Crippen LogP contribution is -2.08. The van der Waals surface area contributed by atoms with E-state index in [1.165, 1.54) is 23.1 Å². The minimum Gasteiger partial charge on any atom is -0.213 e. The maximum Gasteiger partial charge on any atom is 0.179 e. The van der Waals surface area contributed by atoms with Crippen molar-refractivity contribution in [3.8, 4) is 11.1 Å². The Morgan fingerprint density at radius 1 is 1.23 bits per heavy atom. The van der Waals surface area contributed by atoms with Gasteiger partial charge in [0.05, 0.1) is 5.69 Å². The Balaban J connectivity index is 2.33. The highest BCUT2D eigenvalue weighted by Crippen LogP contribution is 2.32. The molecular formula is C16H16F2N4. The second-order valence-electron chi connectivity index (χ2n) is 5.73. The van der Waals surface area contributed by atoms with Gasteiger partial charge in [0, 0.05) is 22.8 Å². The normalized spacial score (nSPS) is 11.5. The van der Waals surface area contributed by atoms with E-state index < -0.39 is 11.6 Å². The maximum absolute atomic E-state index is 14.2. The van der Waals surface area contributed by atoms with Gasteiger partial charge in [0.25, 0.3) is 0 Å². The predicted octanol–water partition coefficient (Wildman–Crippen LogP) is 3.58. The molecule has 0 fully saturated rings. The van der Waals surface area contributed by atoms with Crippen LogP contribution < -0.4 is 0 Å². The molecule has 3 aromatic rings. The van der Waals surface area contributed by atoms with E-state index in [4.69, 9.17) is 0 Å². The van der Waals surface area contributed by atoms with Gasteiger partial charge in [-0.2, -0.15) is 5.10 Å². The lowest BCUT2D eigenvalue weighted by molar-refractivity contribution is 0.584. The average molecular weight is 302 g/mol. The van der Waals surface area contributed by atoms with Gasteiger partial charge in [0.1, 0.15) is 18.0 Å². The van der Waals surface area contributed by atoms with E-state index in [2.05, 4.69) is 29.0 Å². The zero-order valence-electron chi connectivity index (χ0n) is 12.6. The third-order valence-electron chi connectivity index (χ3n) is 3.52. The Kier molecular flexibility index (Phi) is 3.60. The van der Waals surface area contributed by atoms with Gasteiger partial charge >= 0.3 is 0 Å². The van der Waals surface area contributed by atoms with Crippen LogP contribution in [-0.2, 0) is 6.42 Å². The van der Waals surface area contributed by atoms with Gasteiger partial charge in [-0.3, -0.25) is 0 Å². The molecule has 0 spiro atoms.